The minimum Gasteiger partial charge on any atom is -0.491 e. The number of aryl methyl sites for hydroxylation is 1. The first-order valence-electron chi connectivity index (χ1n) is 11.3. The summed E-state index contributed by atoms with van der Waals surface area (Å²) in [5, 5.41) is 0. The number of rotatable bonds is 6. The SMILES string of the molecule is CCOc1ccc(OCC2CCC3CC(c4ccc(C)cc4)CCC3C2)c(F)c1F. The Bertz CT molecular complexity index is 849. The summed E-state index contributed by atoms with van der Waals surface area (Å²) >= 11 is 0. The lowest BCUT2D eigenvalue weighted by molar-refractivity contribution is 0.0901. The molecule has 0 saturated heterocycles. The molecule has 2 fully saturated rings. The molecule has 2 aromatic rings. The summed E-state index contributed by atoms with van der Waals surface area (Å²) in [5.74, 6) is 0.615. The second-order valence-corrected chi connectivity index (χ2v) is 9.05. The molecule has 162 valence electrons. The normalized spacial score (nSPS) is 26.1. The fraction of sp³-hybridized carbons (Fsp3) is 0.538. The highest BCUT2D eigenvalue weighted by Gasteiger charge is 2.36. The van der Waals surface area contributed by atoms with E-state index in [1.165, 1.54) is 48.9 Å². The Hall–Kier alpha value is -2.10. The van der Waals surface area contributed by atoms with E-state index in [9.17, 15) is 8.78 Å². The smallest absolute Gasteiger partial charge is 0.204 e. The molecule has 2 nitrogen and oxygen atoms in total. The van der Waals surface area contributed by atoms with Gasteiger partial charge < -0.3 is 9.47 Å². The molecule has 4 unspecified atom stereocenters. The van der Waals surface area contributed by atoms with Gasteiger partial charge in [-0.1, -0.05) is 29.8 Å². The topological polar surface area (TPSA) is 18.5 Å². The highest BCUT2D eigenvalue weighted by Crippen LogP contribution is 2.47. The minimum absolute atomic E-state index is 0.0128. The zero-order chi connectivity index (χ0) is 21.1. The highest BCUT2D eigenvalue weighted by molar-refractivity contribution is 5.35. The van der Waals surface area contributed by atoms with E-state index in [2.05, 4.69) is 31.2 Å². The molecular formula is C26H32F2O2. The van der Waals surface area contributed by atoms with Gasteiger partial charge in [0.25, 0.3) is 0 Å². The molecular weight excluding hydrogens is 382 g/mol. The lowest BCUT2D eigenvalue weighted by Crippen LogP contribution is -2.32. The molecule has 2 aliphatic carbocycles. The number of ether oxygens (including phenoxy) is 2. The van der Waals surface area contributed by atoms with E-state index >= 15 is 0 Å². The van der Waals surface area contributed by atoms with Crippen molar-refractivity contribution in [3.05, 3.63) is 59.2 Å². The average Bonchev–Trinajstić information content (AvgIpc) is 2.76. The first-order valence-corrected chi connectivity index (χ1v) is 11.3. The van der Waals surface area contributed by atoms with Crippen LogP contribution in [0.5, 0.6) is 11.5 Å². The van der Waals surface area contributed by atoms with Crippen LogP contribution >= 0.6 is 0 Å². The van der Waals surface area contributed by atoms with Crippen LogP contribution in [-0.2, 0) is 0 Å². The van der Waals surface area contributed by atoms with Gasteiger partial charge in [-0.2, -0.15) is 8.78 Å². The predicted molar refractivity (Wildman–Crippen MR) is 115 cm³/mol. The summed E-state index contributed by atoms with van der Waals surface area (Å²) in [7, 11) is 0. The molecule has 0 spiro atoms. The predicted octanol–water partition coefficient (Wildman–Crippen LogP) is 7.05. The highest BCUT2D eigenvalue weighted by atomic mass is 19.2. The van der Waals surface area contributed by atoms with Crippen molar-refractivity contribution in [3.63, 3.8) is 0 Å². The summed E-state index contributed by atoms with van der Waals surface area (Å²) < 4.78 is 39.1. The van der Waals surface area contributed by atoms with Crippen LogP contribution in [0.2, 0.25) is 0 Å². The van der Waals surface area contributed by atoms with E-state index in [-0.39, 0.29) is 11.5 Å². The third-order valence-corrected chi connectivity index (χ3v) is 7.06. The maximum atomic E-state index is 14.3. The van der Waals surface area contributed by atoms with Crippen molar-refractivity contribution in [1.82, 2.24) is 0 Å². The van der Waals surface area contributed by atoms with Gasteiger partial charge in [0.1, 0.15) is 0 Å². The van der Waals surface area contributed by atoms with Crippen molar-refractivity contribution < 1.29 is 18.3 Å². The molecule has 0 bridgehead atoms. The molecule has 0 heterocycles. The quantitative estimate of drug-likeness (QED) is 0.504. The molecule has 4 rings (SSSR count). The van der Waals surface area contributed by atoms with Crippen molar-refractivity contribution in [2.24, 2.45) is 17.8 Å². The molecule has 0 aliphatic heterocycles. The van der Waals surface area contributed by atoms with Gasteiger partial charge in [0.15, 0.2) is 11.5 Å². The van der Waals surface area contributed by atoms with Crippen LogP contribution in [-0.4, -0.2) is 13.2 Å². The Labute approximate surface area is 178 Å². The summed E-state index contributed by atoms with van der Waals surface area (Å²) in [6, 6.07) is 12.0. The zero-order valence-electron chi connectivity index (χ0n) is 18.0. The van der Waals surface area contributed by atoms with Crippen LogP contribution in [0.4, 0.5) is 8.78 Å². The third kappa shape index (κ3) is 4.63. The van der Waals surface area contributed by atoms with Crippen LogP contribution in [0, 0.1) is 36.3 Å². The number of benzene rings is 2. The van der Waals surface area contributed by atoms with Crippen molar-refractivity contribution in [2.75, 3.05) is 13.2 Å². The summed E-state index contributed by atoms with van der Waals surface area (Å²) in [6.45, 7) is 4.63. The van der Waals surface area contributed by atoms with Crippen LogP contribution in [0.1, 0.15) is 62.5 Å². The molecule has 2 aromatic carbocycles. The molecule has 0 amide bonds. The van der Waals surface area contributed by atoms with Crippen molar-refractivity contribution in [1.29, 1.82) is 0 Å². The summed E-state index contributed by atoms with van der Waals surface area (Å²) in [4.78, 5) is 0. The summed E-state index contributed by atoms with van der Waals surface area (Å²) in [5.41, 5.74) is 2.80. The second-order valence-electron chi connectivity index (χ2n) is 9.05. The number of hydrogen-bond acceptors (Lipinski definition) is 2. The zero-order valence-corrected chi connectivity index (χ0v) is 18.0. The van der Waals surface area contributed by atoms with Gasteiger partial charge in [-0.25, -0.2) is 0 Å². The van der Waals surface area contributed by atoms with Crippen LogP contribution in [0.3, 0.4) is 0 Å². The maximum absolute atomic E-state index is 14.3. The summed E-state index contributed by atoms with van der Waals surface area (Å²) in [6.07, 6.45) is 7.22. The molecule has 2 saturated carbocycles. The van der Waals surface area contributed by atoms with Gasteiger partial charge in [-0.15, -0.1) is 0 Å². The fourth-order valence-corrected chi connectivity index (χ4v) is 5.38. The second kappa shape index (κ2) is 9.36. The molecule has 30 heavy (non-hydrogen) atoms. The fourth-order valence-electron chi connectivity index (χ4n) is 5.38. The van der Waals surface area contributed by atoms with Gasteiger partial charge in [0.05, 0.1) is 13.2 Å². The van der Waals surface area contributed by atoms with Gasteiger partial charge in [0, 0.05) is 0 Å². The van der Waals surface area contributed by atoms with Crippen molar-refractivity contribution in [3.8, 4) is 11.5 Å². The van der Waals surface area contributed by atoms with Crippen molar-refractivity contribution in [2.45, 2.75) is 58.3 Å². The van der Waals surface area contributed by atoms with Gasteiger partial charge >= 0.3 is 0 Å². The lowest BCUT2D eigenvalue weighted by Gasteiger charge is -2.42. The molecule has 4 atom stereocenters. The largest absolute Gasteiger partial charge is 0.491 e. The minimum atomic E-state index is -0.965. The van der Waals surface area contributed by atoms with E-state index in [1.54, 1.807) is 6.92 Å². The molecule has 0 aromatic heterocycles. The molecule has 0 N–H and O–H groups in total. The van der Waals surface area contributed by atoms with E-state index < -0.39 is 11.6 Å². The Morgan fingerprint density at radius 3 is 2.13 bits per heavy atom. The molecule has 0 radical (unpaired) electrons. The van der Waals surface area contributed by atoms with Gasteiger partial charge in [0.2, 0.25) is 11.6 Å². The first-order chi connectivity index (χ1) is 14.5. The number of halogens is 2. The first kappa shape index (κ1) is 21.1. The van der Waals surface area contributed by atoms with Crippen molar-refractivity contribution >= 4 is 0 Å². The van der Waals surface area contributed by atoms with Crippen LogP contribution in [0.25, 0.3) is 0 Å². The van der Waals surface area contributed by atoms with E-state index in [0.717, 1.165) is 24.7 Å². The van der Waals surface area contributed by atoms with E-state index in [1.807, 2.05) is 0 Å². The standard InChI is InChI=1S/C26H32F2O2/c1-3-29-23-12-13-24(26(28)25(23)27)30-16-18-6-9-22-15-21(11-10-20(22)14-18)19-7-4-17(2)5-8-19/h4-5,7-8,12-13,18,20-22H,3,6,9-11,14-16H2,1-2H3. The van der Waals surface area contributed by atoms with E-state index in [4.69, 9.17) is 9.47 Å². The Kier molecular flexibility index (Phi) is 6.60. The Balaban J connectivity index is 1.30. The average molecular weight is 415 g/mol. The maximum Gasteiger partial charge on any atom is 0.204 e. The number of fused-ring (bicyclic) bond motifs is 1. The van der Waals surface area contributed by atoms with Crippen LogP contribution in [0.15, 0.2) is 36.4 Å². The van der Waals surface area contributed by atoms with Gasteiger partial charge in [-0.05, 0) is 93.7 Å². The van der Waals surface area contributed by atoms with Crippen LogP contribution < -0.4 is 9.47 Å². The molecule has 2 aliphatic rings. The Morgan fingerprint density at radius 2 is 1.43 bits per heavy atom. The number of hydrogen-bond donors (Lipinski definition) is 0. The molecule has 4 heteroatoms. The lowest BCUT2D eigenvalue weighted by atomic mass is 9.64. The monoisotopic (exact) mass is 414 g/mol. The van der Waals surface area contributed by atoms with E-state index in [0.29, 0.717) is 25.0 Å². The van der Waals surface area contributed by atoms with Gasteiger partial charge in [-0.3, -0.25) is 0 Å². The third-order valence-electron chi connectivity index (χ3n) is 7.06. The Morgan fingerprint density at radius 1 is 0.800 bits per heavy atom.